The van der Waals surface area contributed by atoms with E-state index in [0.717, 1.165) is 8.58 Å². The standard InChI is InChI=1S/C14H15P.C3H8/c1-11-7-3-5-9-13(11)15-14-10-6-4-8-12(14)2;1-3-2/h3-10,15H,1-2H3;3H2,1-2H3. The van der Waals surface area contributed by atoms with Crippen LogP contribution in [-0.4, -0.2) is 0 Å². The van der Waals surface area contributed by atoms with E-state index in [0.29, 0.717) is 0 Å². The Balaban J connectivity index is 0.000000492. The quantitative estimate of drug-likeness (QED) is 0.703. The van der Waals surface area contributed by atoms with Crippen molar-refractivity contribution in [3.8, 4) is 0 Å². The van der Waals surface area contributed by atoms with Crippen LogP contribution in [0, 0.1) is 13.8 Å². The minimum atomic E-state index is 0.774. The van der Waals surface area contributed by atoms with Gasteiger partial charge in [-0.1, -0.05) is 77.4 Å². The first kappa shape index (κ1) is 14.9. The maximum Gasteiger partial charge on any atom is -0.0197 e. The fourth-order valence-electron chi connectivity index (χ4n) is 1.57. The summed E-state index contributed by atoms with van der Waals surface area (Å²) in [6.07, 6.45) is 1.25. The molecule has 0 saturated heterocycles. The molecule has 0 heterocycles. The van der Waals surface area contributed by atoms with Gasteiger partial charge in [-0.2, -0.15) is 0 Å². The third-order valence-electron chi connectivity index (χ3n) is 2.56. The molecule has 18 heavy (non-hydrogen) atoms. The Morgan fingerprint density at radius 1 is 0.722 bits per heavy atom. The van der Waals surface area contributed by atoms with Crippen molar-refractivity contribution in [2.75, 3.05) is 0 Å². The van der Waals surface area contributed by atoms with Crippen LogP contribution in [0.3, 0.4) is 0 Å². The van der Waals surface area contributed by atoms with Crippen molar-refractivity contribution in [1.82, 2.24) is 0 Å². The van der Waals surface area contributed by atoms with Gasteiger partial charge in [0.1, 0.15) is 0 Å². The Bertz CT molecular complexity index is 431. The summed E-state index contributed by atoms with van der Waals surface area (Å²) in [7, 11) is 0.774. The lowest BCUT2D eigenvalue weighted by Crippen LogP contribution is -2.08. The second-order valence-corrected chi connectivity index (χ2v) is 5.79. The van der Waals surface area contributed by atoms with E-state index in [1.54, 1.807) is 0 Å². The molecule has 0 bridgehead atoms. The normalized spacial score (nSPS) is 9.56. The second kappa shape index (κ2) is 8.06. The van der Waals surface area contributed by atoms with Crippen molar-refractivity contribution < 1.29 is 0 Å². The van der Waals surface area contributed by atoms with Crippen LogP contribution in [0.15, 0.2) is 48.5 Å². The van der Waals surface area contributed by atoms with Crippen LogP contribution in [0.4, 0.5) is 0 Å². The van der Waals surface area contributed by atoms with Crippen molar-refractivity contribution in [2.24, 2.45) is 0 Å². The lowest BCUT2D eigenvalue weighted by atomic mass is 10.2. The van der Waals surface area contributed by atoms with E-state index >= 15 is 0 Å². The Hall–Kier alpha value is -1.13. The van der Waals surface area contributed by atoms with Crippen LogP contribution in [0.5, 0.6) is 0 Å². The smallest absolute Gasteiger partial charge is 0.0197 e. The number of benzene rings is 2. The molecule has 0 aliphatic rings. The van der Waals surface area contributed by atoms with Crippen LogP contribution in [-0.2, 0) is 0 Å². The van der Waals surface area contributed by atoms with Crippen LogP contribution in [0.1, 0.15) is 31.4 Å². The molecule has 0 nitrogen and oxygen atoms in total. The Labute approximate surface area is 113 Å². The van der Waals surface area contributed by atoms with E-state index in [-0.39, 0.29) is 0 Å². The average Bonchev–Trinajstić information content (AvgIpc) is 2.36. The minimum absolute atomic E-state index is 0.774. The van der Waals surface area contributed by atoms with Gasteiger partial charge in [0.2, 0.25) is 0 Å². The second-order valence-electron chi connectivity index (χ2n) is 4.46. The Morgan fingerprint density at radius 2 is 1.06 bits per heavy atom. The van der Waals surface area contributed by atoms with E-state index in [9.17, 15) is 0 Å². The van der Waals surface area contributed by atoms with Crippen molar-refractivity contribution in [1.29, 1.82) is 0 Å². The molecule has 1 heteroatoms. The van der Waals surface area contributed by atoms with Gasteiger partial charge in [-0.05, 0) is 35.6 Å². The molecule has 0 spiro atoms. The summed E-state index contributed by atoms with van der Waals surface area (Å²) in [6.45, 7) is 8.61. The molecule has 0 radical (unpaired) electrons. The molecule has 0 aliphatic heterocycles. The topological polar surface area (TPSA) is 0 Å². The van der Waals surface area contributed by atoms with Crippen molar-refractivity contribution in [3.63, 3.8) is 0 Å². The van der Waals surface area contributed by atoms with Gasteiger partial charge in [-0.15, -0.1) is 0 Å². The molecule has 0 fully saturated rings. The molecule has 2 aromatic carbocycles. The first-order valence-corrected chi connectivity index (χ1v) is 7.57. The van der Waals surface area contributed by atoms with Gasteiger partial charge in [0.15, 0.2) is 0 Å². The van der Waals surface area contributed by atoms with Crippen LogP contribution < -0.4 is 10.6 Å². The van der Waals surface area contributed by atoms with Gasteiger partial charge in [0.05, 0.1) is 0 Å². The average molecular weight is 258 g/mol. The van der Waals surface area contributed by atoms with Crippen molar-refractivity contribution >= 4 is 19.2 Å². The van der Waals surface area contributed by atoms with E-state index in [2.05, 4.69) is 76.2 Å². The summed E-state index contributed by atoms with van der Waals surface area (Å²) >= 11 is 0. The highest BCUT2D eigenvalue weighted by atomic mass is 31.1. The highest BCUT2D eigenvalue weighted by Gasteiger charge is 2.00. The summed E-state index contributed by atoms with van der Waals surface area (Å²) in [5, 5.41) is 2.90. The van der Waals surface area contributed by atoms with Crippen molar-refractivity contribution in [2.45, 2.75) is 34.1 Å². The fraction of sp³-hybridized carbons (Fsp3) is 0.294. The molecule has 96 valence electrons. The number of rotatable bonds is 2. The van der Waals surface area contributed by atoms with Gasteiger partial charge < -0.3 is 0 Å². The molecule has 0 unspecified atom stereocenters. The fourth-order valence-corrected chi connectivity index (χ4v) is 2.78. The summed E-state index contributed by atoms with van der Waals surface area (Å²) < 4.78 is 0. The zero-order valence-electron chi connectivity index (χ0n) is 11.8. The third-order valence-corrected chi connectivity index (χ3v) is 4.22. The van der Waals surface area contributed by atoms with Gasteiger partial charge in [0, 0.05) is 0 Å². The first-order valence-electron chi connectivity index (χ1n) is 6.57. The number of aryl methyl sites for hydroxylation is 2. The van der Waals surface area contributed by atoms with E-state index < -0.39 is 0 Å². The summed E-state index contributed by atoms with van der Waals surface area (Å²) in [5.74, 6) is 0. The van der Waals surface area contributed by atoms with Crippen LogP contribution >= 0.6 is 8.58 Å². The van der Waals surface area contributed by atoms with Gasteiger partial charge in [0.25, 0.3) is 0 Å². The van der Waals surface area contributed by atoms with E-state index in [1.807, 2.05) is 0 Å². The zero-order chi connectivity index (χ0) is 13.4. The summed E-state index contributed by atoms with van der Waals surface area (Å²) in [4.78, 5) is 0. The predicted molar refractivity (Wildman–Crippen MR) is 85.9 cm³/mol. The largest absolute Gasteiger partial charge is 0.0656 e. The van der Waals surface area contributed by atoms with E-state index in [1.165, 1.54) is 28.2 Å². The molecule has 0 aliphatic carbocycles. The number of hydrogen-bond donors (Lipinski definition) is 0. The molecule has 0 aromatic heterocycles. The number of hydrogen-bond acceptors (Lipinski definition) is 0. The SMILES string of the molecule is CCC.Cc1ccccc1Pc1ccccc1C. The predicted octanol–water partition coefficient (Wildman–Crippen LogP) is 4.35. The van der Waals surface area contributed by atoms with Crippen LogP contribution in [0.25, 0.3) is 0 Å². The lowest BCUT2D eigenvalue weighted by molar-refractivity contribution is 1.09. The summed E-state index contributed by atoms with van der Waals surface area (Å²) in [5.41, 5.74) is 2.78. The lowest BCUT2D eigenvalue weighted by Gasteiger charge is -2.08. The van der Waals surface area contributed by atoms with E-state index in [4.69, 9.17) is 0 Å². The van der Waals surface area contributed by atoms with Gasteiger partial charge in [-0.25, -0.2) is 0 Å². The maximum atomic E-state index is 2.22. The molecule has 0 atom stereocenters. The summed E-state index contributed by atoms with van der Waals surface area (Å²) in [6, 6.07) is 17.2. The molecular weight excluding hydrogens is 235 g/mol. The highest BCUT2D eigenvalue weighted by molar-refractivity contribution is 7.55. The minimum Gasteiger partial charge on any atom is -0.0656 e. The van der Waals surface area contributed by atoms with Crippen molar-refractivity contribution in [3.05, 3.63) is 59.7 Å². The monoisotopic (exact) mass is 258 g/mol. The maximum absolute atomic E-state index is 2.22. The Kier molecular flexibility index (Phi) is 6.68. The molecule has 0 amide bonds. The Morgan fingerprint density at radius 3 is 1.39 bits per heavy atom. The molecular formula is C17H23P. The molecule has 0 saturated carbocycles. The molecule has 0 N–H and O–H groups in total. The third kappa shape index (κ3) is 4.63. The molecule has 2 rings (SSSR count). The van der Waals surface area contributed by atoms with Gasteiger partial charge >= 0.3 is 0 Å². The first-order chi connectivity index (χ1) is 8.69. The van der Waals surface area contributed by atoms with Crippen LogP contribution in [0.2, 0.25) is 0 Å². The molecule has 2 aromatic rings. The zero-order valence-corrected chi connectivity index (χ0v) is 12.8. The van der Waals surface area contributed by atoms with Gasteiger partial charge in [-0.3, -0.25) is 0 Å². The highest BCUT2D eigenvalue weighted by Crippen LogP contribution is 2.15.